The maximum Gasteiger partial charge on any atom is 0.258 e. The van der Waals surface area contributed by atoms with Crippen LogP contribution in [0, 0.1) is 6.92 Å². The van der Waals surface area contributed by atoms with E-state index in [-0.39, 0.29) is 23.8 Å². The van der Waals surface area contributed by atoms with Gasteiger partial charge in [-0.3, -0.25) is 19.7 Å². The van der Waals surface area contributed by atoms with E-state index < -0.39 is 0 Å². The van der Waals surface area contributed by atoms with Gasteiger partial charge in [-0.25, -0.2) is 4.98 Å². The number of aromatic nitrogens is 2. The Morgan fingerprint density at radius 3 is 2.56 bits per heavy atom. The molecule has 8 nitrogen and oxygen atoms in total. The number of nitrogens with one attached hydrogen (secondary N) is 3. The van der Waals surface area contributed by atoms with Gasteiger partial charge in [0.15, 0.2) is 5.13 Å². The first kappa shape index (κ1) is 23.2. The van der Waals surface area contributed by atoms with Crippen LogP contribution in [0.4, 0.5) is 16.5 Å². The molecular formula is C23H27N5O3S. The Kier molecular flexibility index (Phi) is 7.77. The van der Waals surface area contributed by atoms with Crippen molar-refractivity contribution in [3.8, 4) is 0 Å². The molecule has 0 atom stereocenters. The Balaban J connectivity index is 1.52. The van der Waals surface area contributed by atoms with Crippen molar-refractivity contribution in [2.45, 2.75) is 33.6 Å². The Labute approximate surface area is 190 Å². The quantitative estimate of drug-likeness (QED) is 0.457. The van der Waals surface area contributed by atoms with Gasteiger partial charge in [0, 0.05) is 48.5 Å². The molecule has 0 spiro atoms. The minimum atomic E-state index is -0.358. The molecule has 2 amide bonds. The number of rotatable bonds is 9. The maximum absolute atomic E-state index is 12.4. The molecule has 0 radical (unpaired) electrons. The van der Waals surface area contributed by atoms with Crippen molar-refractivity contribution in [1.82, 2.24) is 9.97 Å². The van der Waals surface area contributed by atoms with E-state index in [1.807, 2.05) is 24.4 Å². The number of aromatic amines is 1. The smallest absolute Gasteiger partial charge is 0.258 e. The van der Waals surface area contributed by atoms with E-state index in [2.05, 4.69) is 45.4 Å². The molecule has 3 N–H and O–H groups in total. The molecule has 0 fully saturated rings. The summed E-state index contributed by atoms with van der Waals surface area (Å²) in [4.78, 5) is 44.8. The van der Waals surface area contributed by atoms with Crippen LogP contribution in [-0.2, 0) is 11.2 Å². The minimum Gasteiger partial charge on any atom is -0.372 e. The lowest BCUT2D eigenvalue weighted by Gasteiger charge is -2.22. The second-order valence-corrected chi connectivity index (χ2v) is 8.12. The molecule has 3 rings (SSSR count). The number of hydrogen-bond donors (Lipinski definition) is 3. The predicted molar refractivity (Wildman–Crippen MR) is 129 cm³/mol. The summed E-state index contributed by atoms with van der Waals surface area (Å²) in [6.07, 6.45) is 2.11. The molecule has 3 aromatic rings. The molecule has 0 aliphatic rings. The molecule has 2 heterocycles. The summed E-state index contributed by atoms with van der Waals surface area (Å²) in [5, 5.41) is 7.93. The minimum absolute atomic E-state index is 0.0875. The Morgan fingerprint density at radius 2 is 1.91 bits per heavy atom. The zero-order valence-electron chi connectivity index (χ0n) is 18.4. The number of hydrogen-bond acceptors (Lipinski definition) is 6. The molecule has 0 unspecified atom stereocenters. The van der Waals surface area contributed by atoms with Crippen LogP contribution in [0.25, 0.3) is 0 Å². The van der Waals surface area contributed by atoms with Crippen LogP contribution in [0.5, 0.6) is 0 Å². The van der Waals surface area contributed by atoms with E-state index in [0.717, 1.165) is 35.7 Å². The lowest BCUT2D eigenvalue weighted by molar-refractivity contribution is -0.116. The highest BCUT2D eigenvalue weighted by molar-refractivity contribution is 7.14. The van der Waals surface area contributed by atoms with Gasteiger partial charge in [-0.1, -0.05) is 0 Å². The summed E-state index contributed by atoms with van der Waals surface area (Å²) in [7, 11) is 0. The summed E-state index contributed by atoms with van der Waals surface area (Å²) in [6.45, 7) is 8.09. The first-order valence-corrected chi connectivity index (χ1v) is 11.4. The van der Waals surface area contributed by atoms with Gasteiger partial charge in [-0.2, -0.15) is 0 Å². The van der Waals surface area contributed by atoms with Crippen LogP contribution in [0.1, 0.15) is 41.9 Å². The van der Waals surface area contributed by atoms with Crippen molar-refractivity contribution in [2.24, 2.45) is 0 Å². The van der Waals surface area contributed by atoms with Crippen LogP contribution in [0.3, 0.4) is 0 Å². The second kappa shape index (κ2) is 10.7. The number of nitrogens with zero attached hydrogens (tertiary/aromatic N) is 2. The van der Waals surface area contributed by atoms with Crippen molar-refractivity contribution in [3.63, 3.8) is 0 Å². The number of anilines is 3. The zero-order chi connectivity index (χ0) is 23.1. The van der Waals surface area contributed by atoms with Crippen molar-refractivity contribution in [1.29, 1.82) is 0 Å². The van der Waals surface area contributed by atoms with Crippen LogP contribution in [0.15, 0.2) is 46.7 Å². The number of pyridine rings is 1. The summed E-state index contributed by atoms with van der Waals surface area (Å²) in [5.74, 6) is -0.445. The number of aryl methyl sites for hydroxylation is 2. The molecule has 0 bridgehead atoms. The van der Waals surface area contributed by atoms with Crippen molar-refractivity contribution >= 4 is 39.7 Å². The first-order valence-electron chi connectivity index (χ1n) is 10.5. The second-order valence-electron chi connectivity index (χ2n) is 7.26. The number of carbonyl (C=O) groups excluding carboxylic acids is 2. The third-order valence-electron chi connectivity index (χ3n) is 5.04. The van der Waals surface area contributed by atoms with E-state index >= 15 is 0 Å². The SMILES string of the molecule is CCN(CC)c1ccc(NC(=O)CCc2csc(NC(=O)c3ccc(=O)[nH]c3)n2)c(C)c1. The van der Waals surface area contributed by atoms with Gasteiger partial charge < -0.3 is 15.2 Å². The van der Waals surface area contributed by atoms with E-state index in [9.17, 15) is 14.4 Å². The van der Waals surface area contributed by atoms with E-state index in [0.29, 0.717) is 17.1 Å². The molecule has 2 aromatic heterocycles. The van der Waals surface area contributed by atoms with Gasteiger partial charge in [-0.15, -0.1) is 11.3 Å². The third-order valence-corrected chi connectivity index (χ3v) is 5.85. The highest BCUT2D eigenvalue weighted by atomic mass is 32.1. The van der Waals surface area contributed by atoms with Gasteiger partial charge >= 0.3 is 0 Å². The molecule has 1 aromatic carbocycles. The largest absolute Gasteiger partial charge is 0.372 e. The van der Waals surface area contributed by atoms with Crippen LogP contribution in [0.2, 0.25) is 0 Å². The number of H-pyrrole nitrogens is 1. The Bertz CT molecular complexity index is 1130. The van der Waals surface area contributed by atoms with Crippen LogP contribution in [-0.4, -0.2) is 34.9 Å². The average Bonchev–Trinajstić information content (AvgIpc) is 3.22. The molecule has 0 saturated carbocycles. The van der Waals surface area contributed by atoms with E-state index in [1.165, 1.54) is 29.7 Å². The topological polar surface area (TPSA) is 107 Å². The first-order chi connectivity index (χ1) is 15.4. The van der Waals surface area contributed by atoms with E-state index in [4.69, 9.17) is 0 Å². The number of thiazole rings is 1. The van der Waals surface area contributed by atoms with Gasteiger partial charge in [0.1, 0.15) is 0 Å². The van der Waals surface area contributed by atoms with Gasteiger partial charge in [0.25, 0.3) is 5.91 Å². The fourth-order valence-corrected chi connectivity index (χ4v) is 3.97. The van der Waals surface area contributed by atoms with E-state index in [1.54, 1.807) is 0 Å². The molecule has 0 aliphatic heterocycles. The number of carbonyl (C=O) groups is 2. The van der Waals surface area contributed by atoms with Crippen molar-refractivity contribution < 1.29 is 9.59 Å². The van der Waals surface area contributed by atoms with Crippen molar-refractivity contribution in [2.75, 3.05) is 28.6 Å². The lowest BCUT2D eigenvalue weighted by Crippen LogP contribution is -2.22. The fourth-order valence-electron chi connectivity index (χ4n) is 3.23. The lowest BCUT2D eigenvalue weighted by atomic mass is 10.1. The fraction of sp³-hybridized carbons (Fsp3) is 0.304. The van der Waals surface area contributed by atoms with Crippen molar-refractivity contribution in [3.05, 3.63) is 69.1 Å². The number of benzene rings is 1. The Morgan fingerprint density at radius 1 is 1.12 bits per heavy atom. The molecular weight excluding hydrogens is 426 g/mol. The standard InChI is InChI=1S/C23H27N5O3S/c1-4-28(5-2)18-8-9-19(15(3)12-18)26-21(30)11-7-17-14-32-23(25-17)27-22(31)16-6-10-20(29)24-13-16/h6,8-10,12-14H,4-5,7,11H2,1-3H3,(H,24,29)(H,26,30)(H,25,27,31). The molecule has 0 saturated heterocycles. The molecule has 168 valence electrons. The highest BCUT2D eigenvalue weighted by Gasteiger charge is 2.12. The van der Waals surface area contributed by atoms with Gasteiger partial charge in [0.2, 0.25) is 11.5 Å². The molecule has 9 heteroatoms. The zero-order valence-corrected chi connectivity index (χ0v) is 19.2. The van der Waals surface area contributed by atoms with Gasteiger partial charge in [0.05, 0.1) is 11.3 Å². The average molecular weight is 454 g/mol. The van der Waals surface area contributed by atoms with Crippen LogP contribution >= 0.6 is 11.3 Å². The Hall–Kier alpha value is -3.46. The maximum atomic E-state index is 12.4. The summed E-state index contributed by atoms with van der Waals surface area (Å²) in [6, 6.07) is 8.78. The summed E-state index contributed by atoms with van der Waals surface area (Å²) in [5.41, 5.74) is 3.76. The van der Waals surface area contributed by atoms with Crippen LogP contribution < -0.4 is 21.1 Å². The monoisotopic (exact) mass is 453 g/mol. The molecule has 0 aliphatic carbocycles. The third kappa shape index (κ3) is 6.04. The predicted octanol–water partition coefficient (Wildman–Crippen LogP) is 3.81. The highest BCUT2D eigenvalue weighted by Crippen LogP contribution is 2.23. The number of amides is 2. The molecule has 32 heavy (non-hydrogen) atoms. The normalized spacial score (nSPS) is 10.6. The van der Waals surface area contributed by atoms with Gasteiger partial charge in [-0.05, 0) is 57.0 Å². The summed E-state index contributed by atoms with van der Waals surface area (Å²) < 4.78 is 0. The summed E-state index contributed by atoms with van der Waals surface area (Å²) >= 11 is 1.29.